The first-order valence-electron chi connectivity index (χ1n) is 8.05. The Labute approximate surface area is 127 Å². The summed E-state index contributed by atoms with van der Waals surface area (Å²) >= 11 is 0. The molecular formula is C18H25N3. The van der Waals surface area contributed by atoms with Crippen LogP contribution in [0.1, 0.15) is 38.7 Å². The summed E-state index contributed by atoms with van der Waals surface area (Å²) in [4.78, 5) is 7.42. The van der Waals surface area contributed by atoms with Gasteiger partial charge in [0.1, 0.15) is 5.82 Å². The zero-order chi connectivity index (χ0) is 14.8. The molecule has 112 valence electrons. The van der Waals surface area contributed by atoms with Crippen molar-refractivity contribution < 1.29 is 0 Å². The summed E-state index contributed by atoms with van der Waals surface area (Å²) in [6.07, 6.45) is 3.88. The molecule has 21 heavy (non-hydrogen) atoms. The van der Waals surface area contributed by atoms with Gasteiger partial charge in [-0.2, -0.15) is 0 Å². The van der Waals surface area contributed by atoms with Gasteiger partial charge < -0.3 is 5.32 Å². The molecule has 2 heterocycles. The molecule has 1 aliphatic rings. The lowest BCUT2D eigenvalue weighted by atomic mass is 10.1. The number of hydrogen-bond acceptors (Lipinski definition) is 3. The predicted molar refractivity (Wildman–Crippen MR) is 89.6 cm³/mol. The zero-order valence-electron chi connectivity index (χ0n) is 13.3. The molecule has 2 aromatic rings. The Morgan fingerprint density at radius 3 is 2.86 bits per heavy atom. The number of likely N-dealkylation sites (tertiary alicyclic amines) is 1. The van der Waals surface area contributed by atoms with Crippen molar-refractivity contribution in [3.05, 3.63) is 35.9 Å². The number of rotatable bonds is 4. The lowest BCUT2D eigenvalue weighted by molar-refractivity contribution is 0.190. The van der Waals surface area contributed by atoms with Crippen LogP contribution in [0.3, 0.4) is 0 Å². The van der Waals surface area contributed by atoms with E-state index < -0.39 is 0 Å². The zero-order valence-corrected chi connectivity index (χ0v) is 13.3. The van der Waals surface area contributed by atoms with Crippen LogP contribution >= 0.6 is 0 Å². The fourth-order valence-electron chi connectivity index (χ4n) is 3.54. The molecule has 1 saturated heterocycles. The van der Waals surface area contributed by atoms with Crippen molar-refractivity contribution in [2.75, 3.05) is 12.4 Å². The Morgan fingerprint density at radius 2 is 2.10 bits per heavy atom. The maximum atomic E-state index is 4.77. The summed E-state index contributed by atoms with van der Waals surface area (Å²) in [6, 6.07) is 12.0. The van der Waals surface area contributed by atoms with Gasteiger partial charge in [0.25, 0.3) is 0 Å². The van der Waals surface area contributed by atoms with Gasteiger partial charge in [0.05, 0.1) is 5.52 Å². The SMILES string of the molecule is CCC1CCC(C)N1Cc1cc2ccccc2nc1NC. The monoisotopic (exact) mass is 283 g/mol. The van der Waals surface area contributed by atoms with Gasteiger partial charge in [0, 0.05) is 36.6 Å². The van der Waals surface area contributed by atoms with E-state index in [4.69, 9.17) is 4.98 Å². The molecule has 1 aromatic heterocycles. The lowest BCUT2D eigenvalue weighted by Gasteiger charge is -2.28. The molecule has 3 heteroatoms. The van der Waals surface area contributed by atoms with E-state index in [0.717, 1.165) is 23.9 Å². The molecule has 1 N–H and O–H groups in total. The molecular weight excluding hydrogens is 258 g/mol. The summed E-state index contributed by atoms with van der Waals surface area (Å²) in [5, 5.41) is 4.50. The second kappa shape index (κ2) is 6.02. The van der Waals surface area contributed by atoms with Gasteiger partial charge in [-0.05, 0) is 38.3 Å². The fraction of sp³-hybridized carbons (Fsp3) is 0.500. The maximum Gasteiger partial charge on any atom is 0.130 e. The molecule has 1 aliphatic heterocycles. The van der Waals surface area contributed by atoms with Crippen LogP contribution < -0.4 is 5.32 Å². The van der Waals surface area contributed by atoms with Gasteiger partial charge in [-0.15, -0.1) is 0 Å². The van der Waals surface area contributed by atoms with Crippen molar-refractivity contribution in [1.29, 1.82) is 0 Å². The smallest absolute Gasteiger partial charge is 0.130 e. The highest BCUT2D eigenvalue weighted by Gasteiger charge is 2.29. The van der Waals surface area contributed by atoms with E-state index in [9.17, 15) is 0 Å². The van der Waals surface area contributed by atoms with Crippen LogP contribution in [-0.4, -0.2) is 29.0 Å². The first-order chi connectivity index (χ1) is 10.2. The van der Waals surface area contributed by atoms with Crippen molar-refractivity contribution in [1.82, 2.24) is 9.88 Å². The average Bonchev–Trinajstić information content (AvgIpc) is 2.87. The number of pyridine rings is 1. The van der Waals surface area contributed by atoms with E-state index >= 15 is 0 Å². The van der Waals surface area contributed by atoms with Crippen LogP contribution in [0.5, 0.6) is 0 Å². The van der Waals surface area contributed by atoms with Crippen LogP contribution in [-0.2, 0) is 6.54 Å². The number of aromatic nitrogens is 1. The molecule has 3 nitrogen and oxygen atoms in total. The highest BCUT2D eigenvalue weighted by atomic mass is 15.2. The standard InChI is InChI=1S/C18H25N3/c1-4-16-10-9-13(2)21(16)12-15-11-14-7-5-6-8-17(14)20-18(15)19-3/h5-8,11,13,16H,4,9-10,12H2,1-3H3,(H,19,20). The fourth-order valence-corrected chi connectivity index (χ4v) is 3.54. The summed E-state index contributed by atoms with van der Waals surface area (Å²) in [6.45, 7) is 5.64. The van der Waals surface area contributed by atoms with E-state index in [1.54, 1.807) is 0 Å². The Morgan fingerprint density at radius 1 is 1.29 bits per heavy atom. The second-order valence-corrected chi connectivity index (χ2v) is 6.10. The Kier molecular flexibility index (Phi) is 4.11. The highest BCUT2D eigenvalue weighted by Crippen LogP contribution is 2.30. The number of benzene rings is 1. The third-order valence-corrected chi connectivity index (χ3v) is 4.82. The van der Waals surface area contributed by atoms with Crippen LogP contribution in [0.25, 0.3) is 10.9 Å². The van der Waals surface area contributed by atoms with Crippen LogP contribution in [0.4, 0.5) is 5.82 Å². The highest BCUT2D eigenvalue weighted by molar-refractivity contribution is 5.81. The van der Waals surface area contributed by atoms with Crippen molar-refractivity contribution in [2.45, 2.75) is 51.7 Å². The first kappa shape index (κ1) is 14.3. The normalized spacial score (nSPS) is 22.8. The Bertz CT molecular complexity index is 623. The predicted octanol–water partition coefficient (Wildman–Crippen LogP) is 4.04. The molecule has 0 aliphatic carbocycles. The largest absolute Gasteiger partial charge is 0.373 e. The van der Waals surface area contributed by atoms with E-state index in [1.165, 1.54) is 30.2 Å². The summed E-state index contributed by atoms with van der Waals surface area (Å²) in [5.74, 6) is 1.02. The van der Waals surface area contributed by atoms with Gasteiger partial charge in [-0.1, -0.05) is 25.1 Å². The summed E-state index contributed by atoms with van der Waals surface area (Å²) in [7, 11) is 1.96. The van der Waals surface area contributed by atoms with Gasteiger partial charge in [0.2, 0.25) is 0 Å². The molecule has 0 bridgehead atoms. The number of fused-ring (bicyclic) bond motifs is 1. The lowest BCUT2D eigenvalue weighted by Crippen LogP contribution is -2.33. The van der Waals surface area contributed by atoms with Gasteiger partial charge in [0.15, 0.2) is 0 Å². The third kappa shape index (κ3) is 2.75. The second-order valence-electron chi connectivity index (χ2n) is 6.10. The van der Waals surface area contributed by atoms with Gasteiger partial charge >= 0.3 is 0 Å². The van der Waals surface area contributed by atoms with E-state index in [2.05, 4.69) is 48.3 Å². The van der Waals surface area contributed by atoms with Crippen molar-refractivity contribution in [3.8, 4) is 0 Å². The van der Waals surface area contributed by atoms with Crippen molar-refractivity contribution in [2.24, 2.45) is 0 Å². The van der Waals surface area contributed by atoms with E-state index in [1.807, 2.05) is 13.1 Å². The van der Waals surface area contributed by atoms with E-state index in [-0.39, 0.29) is 0 Å². The minimum absolute atomic E-state index is 0.672. The number of para-hydroxylation sites is 1. The van der Waals surface area contributed by atoms with Gasteiger partial charge in [-0.25, -0.2) is 4.98 Å². The Balaban J connectivity index is 1.95. The number of anilines is 1. The molecule has 3 rings (SSSR count). The molecule has 1 fully saturated rings. The molecule has 0 saturated carbocycles. The third-order valence-electron chi connectivity index (χ3n) is 4.82. The van der Waals surface area contributed by atoms with Gasteiger partial charge in [-0.3, -0.25) is 4.90 Å². The molecule has 2 unspecified atom stereocenters. The van der Waals surface area contributed by atoms with Crippen molar-refractivity contribution in [3.63, 3.8) is 0 Å². The Hall–Kier alpha value is -1.61. The molecule has 0 amide bonds. The maximum absolute atomic E-state index is 4.77. The molecule has 2 atom stereocenters. The number of hydrogen-bond donors (Lipinski definition) is 1. The van der Waals surface area contributed by atoms with Crippen LogP contribution in [0.15, 0.2) is 30.3 Å². The first-order valence-corrected chi connectivity index (χ1v) is 8.05. The van der Waals surface area contributed by atoms with Crippen LogP contribution in [0, 0.1) is 0 Å². The average molecular weight is 283 g/mol. The molecule has 0 radical (unpaired) electrons. The van der Waals surface area contributed by atoms with Crippen molar-refractivity contribution >= 4 is 16.7 Å². The number of nitrogens with zero attached hydrogens (tertiary/aromatic N) is 2. The number of nitrogens with one attached hydrogen (secondary N) is 1. The minimum Gasteiger partial charge on any atom is -0.373 e. The summed E-state index contributed by atoms with van der Waals surface area (Å²) in [5.41, 5.74) is 2.37. The quantitative estimate of drug-likeness (QED) is 0.918. The molecule has 1 aromatic carbocycles. The summed E-state index contributed by atoms with van der Waals surface area (Å²) < 4.78 is 0. The topological polar surface area (TPSA) is 28.2 Å². The minimum atomic E-state index is 0.672. The molecule has 0 spiro atoms. The van der Waals surface area contributed by atoms with E-state index in [0.29, 0.717) is 6.04 Å². The van der Waals surface area contributed by atoms with Crippen LogP contribution in [0.2, 0.25) is 0 Å².